The monoisotopic (exact) mass is 400 g/mol. The second kappa shape index (κ2) is 6.90. The highest BCUT2D eigenvalue weighted by molar-refractivity contribution is 7.99. The van der Waals surface area contributed by atoms with Gasteiger partial charge in [0.15, 0.2) is 0 Å². The average Bonchev–Trinajstić information content (AvgIpc) is 2.93. The molecule has 1 aliphatic heterocycles. The highest BCUT2D eigenvalue weighted by atomic mass is 32.2. The predicted molar refractivity (Wildman–Crippen MR) is 129 cm³/mol. The molecule has 0 amide bonds. The van der Waals surface area contributed by atoms with Gasteiger partial charge in [-0.3, -0.25) is 0 Å². The molecule has 5 aromatic rings. The molecule has 1 aliphatic rings. The Morgan fingerprint density at radius 1 is 0.533 bits per heavy atom. The van der Waals surface area contributed by atoms with Crippen molar-refractivity contribution in [3.63, 3.8) is 0 Å². The van der Waals surface area contributed by atoms with E-state index >= 15 is 0 Å². The van der Waals surface area contributed by atoms with E-state index in [4.69, 9.17) is 0 Å². The SMILES string of the molecule is Cc1ccc2cc3c(c(-c4ccccc4)c2c1)-c1ccccc1Sc1ccccc1-3. The molecular formula is C29H20S. The van der Waals surface area contributed by atoms with Crippen molar-refractivity contribution in [3.8, 4) is 33.4 Å². The summed E-state index contributed by atoms with van der Waals surface area (Å²) in [5, 5.41) is 2.61. The molecule has 0 aromatic heterocycles. The fourth-order valence-electron chi connectivity index (χ4n) is 4.57. The Morgan fingerprint density at radius 3 is 2.00 bits per heavy atom. The largest absolute Gasteiger partial charge is 0.0888 e. The van der Waals surface area contributed by atoms with Crippen molar-refractivity contribution in [2.45, 2.75) is 16.7 Å². The van der Waals surface area contributed by atoms with Crippen LogP contribution >= 0.6 is 11.8 Å². The van der Waals surface area contributed by atoms with Gasteiger partial charge in [0.05, 0.1) is 0 Å². The van der Waals surface area contributed by atoms with Crippen molar-refractivity contribution >= 4 is 22.5 Å². The van der Waals surface area contributed by atoms with Crippen molar-refractivity contribution in [2.75, 3.05) is 0 Å². The van der Waals surface area contributed by atoms with Gasteiger partial charge in [0.25, 0.3) is 0 Å². The number of hydrogen-bond donors (Lipinski definition) is 0. The first kappa shape index (κ1) is 17.6. The van der Waals surface area contributed by atoms with Crippen LogP contribution in [0.2, 0.25) is 0 Å². The van der Waals surface area contributed by atoms with Gasteiger partial charge in [-0.1, -0.05) is 102 Å². The summed E-state index contributed by atoms with van der Waals surface area (Å²) < 4.78 is 0. The lowest BCUT2D eigenvalue weighted by atomic mass is 9.83. The molecule has 0 saturated carbocycles. The third-order valence-electron chi connectivity index (χ3n) is 5.91. The number of rotatable bonds is 1. The summed E-state index contributed by atoms with van der Waals surface area (Å²) in [7, 11) is 0. The van der Waals surface area contributed by atoms with Crippen molar-refractivity contribution < 1.29 is 0 Å². The molecule has 0 aliphatic carbocycles. The van der Waals surface area contributed by atoms with Crippen LogP contribution in [-0.4, -0.2) is 0 Å². The number of fused-ring (bicyclic) bond motifs is 6. The Kier molecular flexibility index (Phi) is 4.04. The van der Waals surface area contributed by atoms with Gasteiger partial charge < -0.3 is 0 Å². The number of benzene rings is 5. The zero-order chi connectivity index (χ0) is 20.1. The lowest BCUT2D eigenvalue weighted by molar-refractivity contribution is 1.44. The lowest BCUT2D eigenvalue weighted by Gasteiger charge is -2.19. The Bertz CT molecular complexity index is 1410. The maximum atomic E-state index is 2.39. The predicted octanol–water partition coefficient (Wildman–Crippen LogP) is 8.61. The Labute approximate surface area is 181 Å². The van der Waals surface area contributed by atoms with Crippen LogP contribution in [0.5, 0.6) is 0 Å². The summed E-state index contributed by atoms with van der Waals surface area (Å²) in [6, 6.07) is 37.7. The van der Waals surface area contributed by atoms with Crippen LogP contribution < -0.4 is 0 Å². The van der Waals surface area contributed by atoms with Gasteiger partial charge in [0.2, 0.25) is 0 Å². The minimum absolute atomic E-state index is 1.27. The van der Waals surface area contributed by atoms with Gasteiger partial charge in [-0.25, -0.2) is 0 Å². The summed E-state index contributed by atoms with van der Waals surface area (Å²) in [5.41, 5.74) is 9.17. The van der Waals surface area contributed by atoms with Crippen molar-refractivity contribution in [2.24, 2.45) is 0 Å². The standard InChI is InChI=1S/C29H20S/c1-19-15-16-21-18-25-22-11-5-7-13-26(22)30-27-14-8-6-12-23(27)29(25)28(24(21)17-19)20-9-3-2-4-10-20/h2-18H,1H3. The van der Waals surface area contributed by atoms with Crippen LogP contribution in [-0.2, 0) is 0 Å². The molecule has 5 aromatic carbocycles. The van der Waals surface area contributed by atoms with Gasteiger partial charge in [-0.15, -0.1) is 0 Å². The van der Waals surface area contributed by atoms with Crippen LogP contribution in [0, 0.1) is 6.92 Å². The van der Waals surface area contributed by atoms with Crippen molar-refractivity contribution in [1.82, 2.24) is 0 Å². The quantitative estimate of drug-likeness (QED) is 0.266. The van der Waals surface area contributed by atoms with Gasteiger partial charge in [0, 0.05) is 9.79 Å². The molecule has 0 fully saturated rings. The summed E-state index contributed by atoms with van der Waals surface area (Å²) in [6.07, 6.45) is 0. The molecule has 6 rings (SSSR count). The average molecular weight is 401 g/mol. The van der Waals surface area contributed by atoms with Crippen LogP contribution in [0.25, 0.3) is 44.2 Å². The highest BCUT2D eigenvalue weighted by Gasteiger charge is 2.24. The molecule has 0 N–H and O–H groups in total. The molecular weight excluding hydrogens is 380 g/mol. The Balaban J connectivity index is 1.87. The van der Waals surface area contributed by atoms with E-state index in [1.165, 1.54) is 59.5 Å². The zero-order valence-corrected chi connectivity index (χ0v) is 17.5. The van der Waals surface area contributed by atoms with E-state index in [0.717, 1.165) is 0 Å². The molecule has 142 valence electrons. The van der Waals surface area contributed by atoms with Gasteiger partial charge in [-0.2, -0.15) is 0 Å². The minimum Gasteiger partial charge on any atom is -0.0888 e. The van der Waals surface area contributed by atoms with E-state index < -0.39 is 0 Å². The normalized spacial score (nSPS) is 12.0. The topological polar surface area (TPSA) is 0 Å². The highest BCUT2D eigenvalue weighted by Crippen LogP contribution is 2.52. The first-order valence-corrected chi connectivity index (χ1v) is 11.1. The Morgan fingerprint density at radius 2 is 1.20 bits per heavy atom. The van der Waals surface area contributed by atoms with Gasteiger partial charge in [-0.05, 0) is 69.3 Å². The molecule has 0 radical (unpaired) electrons. The second-order valence-corrected chi connectivity index (χ2v) is 8.94. The van der Waals surface area contributed by atoms with E-state index in [0.29, 0.717) is 0 Å². The van der Waals surface area contributed by atoms with E-state index in [1.807, 2.05) is 11.8 Å². The molecule has 0 bridgehead atoms. The smallest absolute Gasteiger partial charge is 0.0201 e. The molecule has 0 spiro atoms. The lowest BCUT2D eigenvalue weighted by Crippen LogP contribution is -1.93. The molecule has 1 heterocycles. The van der Waals surface area contributed by atoms with Gasteiger partial charge in [0.1, 0.15) is 0 Å². The Hall–Kier alpha value is -3.29. The van der Waals surface area contributed by atoms with Crippen LogP contribution in [0.15, 0.2) is 113 Å². The fraction of sp³-hybridized carbons (Fsp3) is 0.0345. The number of aryl methyl sites for hydroxylation is 1. The summed E-state index contributed by atoms with van der Waals surface area (Å²) in [5.74, 6) is 0. The van der Waals surface area contributed by atoms with Crippen LogP contribution in [0.1, 0.15) is 5.56 Å². The summed E-state index contributed by atoms with van der Waals surface area (Å²) >= 11 is 1.87. The molecule has 30 heavy (non-hydrogen) atoms. The molecule has 0 saturated heterocycles. The fourth-order valence-corrected chi connectivity index (χ4v) is 5.66. The summed E-state index contributed by atoms with van der Waals surface area (Å²) in [4.78, 5) is 2.63. The molecule has 0 unspecified atom stereocenters. The first-order valence-electron chi connectivity index (χ1n) is 10.3. The third-order valence-corrected chi connectivity index (χ3v) is 7.07. The van der Waals surface area contributed by atoms with Crippen LogP contribution in [0.3, 0.4) is 0 Å². The van der Waals surface area contributed by atoms with E-state index in [1.54, 1.807) is 0 Å². The van der Waals surface area contributed by atoms with E-state index in [2.05, 4.69) is 110 Å². The van der Waals surface area contributed by atoms with Crippen molar-refractivity contribution in [1.29, 1.82) is 0 Å². The third kappa shape index (κ3) is 2.70. The molecule has 1 heteroatoms. The number of hydrogen-bond acceptors (Lipinski definition) is 1. The maximum Gasteiger partial charge on any atom is 0.0201 e. The second-order valence-electron chi connectivity index (χ2n) is 7.86. The van der Waals surface area contributed by atoms with E-state index in [-0.39, 0.29) is 0 Å². The van der Waals surface area contributed by atoms with Crippen molar-refractivity contribution in [3.05, 3.63) is 109 Å². The minimum atomic E-state index is 1.27. The zero-order valence-electron chi connectivity index (χ0n) is 16.7. The first-order chi connectivity index (χ1) is 14.8. The van der Waals surface area contributed by atoms with Gasteiger partial charge >= 0.3 is 0 Å². The summed E-state index contributed by atoms with van der Waals surface area (Å²) in [6.45, 7) is 2.18. The van der Waals surface area contributed by atoms with Crippen LogP contribution in [0.4, 0.5) is 0 Å². The van der Waals surface area contributed by atoms with E-state index in [9.17, 15) is 0 Å². The maximum absolute atomic E-state index is 2.39. The molecule has 0 nitrogen and oxygen atoms in total. The molecule has 0 atom stereocenters.